The van der Waals surface area contributed by atoms with Gasteiger partial charge in [0.1, 0.15) is 29.1 Å². The lowest BCUT2D eigenvalue weighted by Gasteiger charge is -2.25. The average Bonchev–Trinajstić information content (AvgIpc) is 3.34. The first kappa shape index (κ1) is 22.4. The van der Waals surface area contributed by atoms with Crippen LogP contribution >= 0.6 is 0 Å². The average molecular weight is 446 g/mol. The zero-order valence-electron chi connectivity index (χ0n) is 19.2. The minimum Gasteiger partial charge on any atom is -0.507 e. The Hall–Kier alpha value is -3.80. The molecule has 0 bridgehead atoms. The van der Waals surface area contributed by atoms with E-state index >= 15 is 0 Å². The van der Waals surface area contributed by atoms with Gasteiger partial charge >= 0.3 is 0 Å². The molecule has 6 heteroatoms. The summed E-state index contributed by atoms with van der Waals surface area (Å²) in [4.78, 5) is 28.0. The third kappa shape index (κ3) is 4.16. The molecule has 1 aliphatic heterocycles. The van der Waals surface area contributed by atoms with Crippen LogP contribution in [0.2, 0.25) is 0 Å². The van der Waals surface area contributed by atoms with Gasteiger partial charge in [-0.05, 0) is 68.7 Å². The summed E-state index contributed by atoms with van der Waals surface area (Å²) < 4.78 is 11.5. The minimum atomic E-state index is -0.889. The molecule has 0 radical (unpaired) electrons. The fourth-order valence-corrected chi connectivity index (χ4v) is 4.04. The Labute approximate surface area is 193 Å². The Morgan fingerprint density at radius 3 is 2.55 bits per heavy atom. The molecule has 1 N–H and O–H groups in total. The fraction of sp³-hybridized carbons (Fsp3) is 0.259. The van der Waals surface area contributed by atoms with Gasteiger partial charge in [0, 0.05) is 11.3 Å². The third-order valence-electron chi connectivity index (χ3n) is 5.68. The molecule has 0 saturated carbocycles. The molecule has 2 heterocycles. The molecule has 33 heavy (non-hydrogen) atoms. The first-order chi connectivity index (χ1) is 15.8. The molecule has 1 fully saturated rings. The van der Waals surface area contributed by atoms with Crippen molar-refractivity contribution in [2.75, 3.05) is 11.5 Å². The van der Waals surface area contributed by atoms with Crippen molar-refractivity contribution in [3.63, 3.8) is 0 Å². The first-order valence-electron chi connectivity index (χ1n) is 11.0. The number of Topliss-reactive ketones (excluding diaryl/α,β-unsaturated/α-hetero) is 1. The molecule has 1 aromatic heterocycles. The number of anilines is 1. The zero-order valence-corrected chi connectivity index (χ0v) is 19.2. The van der Waals surface area contributed by atoms with Crippen LogP contribution in [-0.4, -0.2) is 23.4 Å². The number of amides is 1. The molecule has 3 aromatic rings. The second-order valence-corrected chi connectivity index (χ2v) is 8.28. The molecule has 2 aromatic carbocycles. The summed E-state index contributed by atoms with van der Waals surface area (Å²) in [6.45, 7) is 8.14. The minimum absolute atomic E-state index is 0.0112. The van der Waals surface area contributed by atoms with Gasteiger partial charge in [-0.25, -0.2) is 0 Å². The van der Waals surface area contributed by atoms with E-state index in [1.807, 2.05) is 39.0 Å². The molecule has 0 spiro atoms. The second-order valence-electron chi connectivity index (χ2n) is 8.28. The van der Waals surface area contributed by atoms with E-state index in [-0.39, 0.29) is 11.3 Å². The van der Waals surface area contributed by atoms with E-state index in [4.69, 9.17) is 9.15 Å². The molecular formula is C27H27NO5. The summed E-state index contributed by atoms with van der Waals surface area (Å²) in [6, 6.07) is 15.2. The van der Waals surface area contributed by atoms with E-state index < -0.39 is 17.7 Å². The van der Waals surface area contributed by atoms with Crippen molar-refractivity contribution >= 4 is 23.1 Å². The van der Waals surface area contributed by atoms with E-state index in [2.05, 4.69) is 0 Å². The van der Waals surface area contributed by atoms with E-state index in [1.165, 1.54) is 4.90 Å². The summed E-state index contributed by atoms with van der Waals surface area (Å²) in [5.41, 5.74) is 2.78. The number of carbonyl (C=O) groups excluding carboxylic acids is 2. The topological polar surface area (TPSA) is 80.0 Å². The number of nitrogens with zero attached hydrogens (tertiary/aromatic N) is 1. The molecule has 1 atom stereocenters. The lowest BCUT2D eigenvalue weighted by molar-refractivity contribution is -0.132. The number of aliphatic hydroxyl groups excluding tert-OH is 1. The summed E-state index contributed by atoms with van der Waals surface area (Å²) in [5, 5.41) is 11.3. The number of ether oxygens (including phenoxy) is 1. The highest BCUT2D eigenvalue weighted by Crippen LogP contribution is 2.44. The summed E-state index contributed by atoms with van der Waals surface area (Å²) in [6.07, 6.45) is 0.842. The number of aliphatic hydroxyl groups is 1. The van der Waals surface area contributed by atoms with E-state index in [0.29, 0.717) is 35.1 Å². The Bertz CT molecular complexity index is 1250. The molecular weight excluding hydrogens is 418 g/mol. The Kier molecular flexibility index (Phi) is 6.09. The van der Waals surface area contributed by atoms with Gasteiger partial charge in [0.05, 0.1) is 12.2 Å². The number of carbonyl (C=O) groups is 2. The van der Waals surface area contributed by atoms with Crippen LogP contribution in [0.5, 0.6) is 5.75 Å². The number of rotatable bonds is 6. The standard InChI is InChI=1S/C27H27NO5/c1-5-13-32-20-8-6-7-19(15-20)25(29)23-24(22-12-11-18(4)33-22)28(27(31)26(23)30)21-14-16(2)9-10-17(21)3/h6-12,14-15,24,29H,5,13H2,1-4H3/b25-23-. The van der Waals surface area contributed by atoms with Crippen molar-refractivity contribution in [1.82, 2.24) is 0 Å². The fourth-order valence-electron chi connectivity index (χ4n) is 4.04. The zero-order chi connectivity index (χ0) is 23.7. The molecule has 1 unspecified atom stereocenters. The van der Waals surface area contributed by atoms with Crippen LogP contribution < -0.4 is 9.64 Å². The number of hydrogen-bond acceptors (Lipinski definition) is 5. The molecule has 170 valence electrons. The number of hydrogen-bond donors (Lipinski definition) is 1. The van der Waals surface area contributed by atoms with Crippen LogP contribution in [0.25, 0.3) is 5.76 Å². The smallest absolute Gasteiger partial charge is 0.300 e. The van der Waals surface area contributed by atoms with Gasteiger partial charge in [-0.1, -0.05) is 31.2 Å². The van der Waals surface area contributed by atoms with Gasteiger partial charge in [-0.2, -0.15) is 0 Å². The maximum Gasteiger partial charge on any atom is 0.300 e. The van der Waals surface area contributed by atoms with E-state index in [9.17, 15) is 14.7 Å². The van der Waals surface area contributed by atoms with Crippen molar-refractivity contribution < 1.29 is 23.8 Å². The van der Waals surface area contributed by atoms with E-state index in [0.717, 1.165) is 17.5 Å². The Morgan fingerprint density at radius 2 is 1.85 bits per heavy atom. The molecule has 0 aliphatic carbocycles. The quantitative estimate of drug-likeness (QED) is 0.303. The summed E-state index contributed by atoms with van der Waals surface area (Å²) >= 11 is 0. The lowest BCUT2D eigenvalue weighted by Crippen LogP contribution is -2.30. The monoisotopic (exact) mass is 445 g/mol. The summed E-state index contributed by atoms with van der Waals surface area (Å²) in [5.74, 6) is -0.0914. The van der Waals surface area contributed by atoms with Crippen molar-refractivity contribution in [1.29, 1.82) is 0 Å². The van der Waals surface area contributed by atoms with E-state index in [1.54, 1.807) is 43.3 Å². The number of aryl methyl sites for hydroxylation is 3. The predicted molar refractivity (Wildman–Crippen MR) is 126 cm³/mol. The number of ketones is 1. The number of benzene rings is 2. The molecule has 6 nitrogen and oxygen atoms in total. The third-order valence-corrected chi connectivity index (χ3v) is 5.68. The summed E-state index contributed by atoms with van der Waals surface area (Å²) in [7, 11) is 0. The highest BCUT2D eigenvalue weighted by molar-refractivity contribution is 6.51. The van der Waals surface area contributed by atoms with Crippen LogP contribution in [-0.2, 0) is 9.59 Å². The van der Waals surface area contributed by atoms with Crippen molar-refractivity contribution in [2.45, 2.75) is 40.2 Å². The van der Waals surface area contributed by atoms with Gasteiger partial charge in [0.15, 0.2) is 0 Å². The molecule has 1 saturated heterocycles. The van der Waals surface area contributed by atoms with Gasteiger partial charge in [0.25, 0.3) is 11.7 Å². The molecule has 1 aliphatic rings. The maximum absolute atomic E-state index is 13.3. The van der Waals surface area contributed by atoms with Crippen molar-refractivity contribution in [3.05, 3.63) is 88.4 Å². The highest BCUT2D eigenvalue weighted by atomic mass is 16.5. The SMILES string of the molecule is CCCOc1cccc(/C(O)=C2/C(=O)C(=O)N(c3cc(C)ccc3C)C2c2ccc(C)o2)c1. The van der Waals surface area contributed by atoms with Gasteiger partial charge in [-0.3, -0.25) is 14.5 Å². The molecule has 4 rings (SSSR count). The molecule has 1 amide bonds. The van der Waals surface area contributed by atoms with Crippen LogP contribution in [0.4, 0.5) is 5.69 Å². The normalized spacial score (nSPS) is 17.6. The Morgan fingerprint density at radius 1 is 1.06 bits per heavy atom. The van der Waals surface area contributed by atoms with Crippen LogP contribution in [0.1, 0.15) is 47.6 Å². The van der Waals surface area contributed by atoms with Crippen LogP contribution in [0, 0.1) is 20.8 Å². The largest absolute Gasteiger partial charge is 0.507 e. The Balaban J connectivity index is 1.90. The van der Waals surface area contributed by atoms with Crippen molar-refractivity contribution in [2.24, 2.45) is 0 Å². The van der Waals surface area contributed by atoms with Crippen LogP contribution in [0.15, 0.2) is 64.6 Å². The lowest BCUT2D eigenvalue weighted by atomic mass is 9.98. The number of furan rings is 1. The van der Waals surface area contributed by atoms with Crippen molar-refractivity contribution in [3.8, 4) is 5.75 Å². The highest BCUT2D eigenvalue weighted by Gasteiger charge is 2.48. The van der Waals surface area contributed by atoms with Gasteiger partial charge < -0.3 is 14.3 Å². The van der Waals surface area contributed by atoms with Gasteiger partial charge in [0.2, 0.25) is 0 Å². The first-order valence-corrected chi connectivity index (χ1v) is 11.0. The predicted octanol–water partition coefficient (Wildman–Crippen LogP) is 5.62. The second kappa shape index (κ2) is 8.98. The van der Waals surface area contributed by atoms with Gasteiger partial charge in [-0.15, -0.1) is 0 Å². The maximum atomic E-state index is 13.3. The van der Waals surface area contributed by atoms with Crippen LogP contribution in [0.3, 0.4) is 0 Å².